The molecule has 10 heteroatoms. The molecule has 0 aliphatic heterocycles. The topological polar surface area (TPSA) is 56.7 Å². The number of thioether (sulfide) groups is 1. The molecule has 0 spiro atoms. The van der Waals surface area contributed by atoms with Crippen molar-refractivity contribution in [3.05, 3.63) is 29.3 Å². The van der Waals surface area contributed by atoms with Gasteiger partial charge in [0.15, 0.2) is 5.96 Å². The Labute approximate surface area is 173 Å². The van der Waals surface area contributed by atoms with Gasteiger partial charge in [0.05, 0.1) is 6.54 Å². The Hall–Kier alpha value is -1.17. The lowest BCUT2D eigenvalue weighted by Crippen LogP contribution is -2.45. The van der Waals surface area contributed by atoms with E-state index in [-0.39, 0.29) is 30.5 Å². The van der Waals surface area contributed by atoms with Crippen LogP contribution in [0.1, 0.15) is 11.1 Å². The first kappa shape index (κ1) is 24.8. The molecule has 0 aromatic heterocycles. The molecule has 1 aromatic rings. The third-order valence-electron chi connectivity index (χ3n) is 3.36. The average Bonchev–Trinajstić information content (AvgIpc) is 2.53. The average molecular weight is 504 g/mol. The molecule has 26 heavy (non-hydrogen) atoms. The highest BCUT2D eigenvalue weighted by Crippen LogP contribution is 2.21. The summed E-state index contributed by atoms with van der Waals surface area (Å²) < 4.78 is 36.9. The van der Waals surface area contributed by atoms with Crippen molar-refractivity contribution >= 4 is 47.6 Å². The van der Waals surface area contributed by atoms with Crippen LogP contribution >= 0.6 is 35.7 Å². The van der Waals surface area contributed by atoms with Crippen molar-refractivity contribution in [2.45, 2.75) is 24.5 Å². The minimum atomic E-state index is -4.41. The van der Waals surface area contributed by atoms with Gasteiger partial charge in [-0.25, -0.2) is 0 Å². The lowest BCUT2D eigenvalue weighted by molar-refractivity contribution is -0.157. The van der Waals surface area contributed by atoms with Gasteiger partial charge in [-0.2, -0.15) is 13.2 Å². The van der Waals surface area contributed by atoms with Crippen molar-refractivity contribution in [1.29, 1.82) is 0 Å². The van der Waals surface area contributed by atoms with Crippen molar-refractivity contribution in [3.63, 3.8) is 0 Å². The van der Waals surface area contributed by atoms with Gasteiger partial charge >= 0.3 is 6.18 Å². The molecule has 0 heterocycles. The minimum Gasteiger partial charge on any atom is -0.352 e. The van der Waals surface area contributed by atoms with E-state index >= 15 is 0 Å². The summed E-state index contributed by atoms with van der Waals surface area (Å²) in [7, 11) is 2.65. The number of halogens is 4. The Bertz CT molecular complexity index is 626. The molecular formula is C16H24F3IN4OS. The van der Waals surface area contributed by atoms with Crippen molar-refractivity contribution in [2.75, 3.05) is 33.4 Å². The molecule has 0 saturated carbocycles. The molecule has 1 rings (SSSR count). The first-order valence-corrected chi connectivity index (χ1v) is 8.77. The van der Waals surface area contributed by atoms with Gasteiger partial charge in [-0.05, 0) is 30.4 Å². The molecule has 0 aliphatic rings. The summed E-state index contributed by atoms with van der Waals surface area (Å²) in [5.41, 5.74) is 2.23. The molecule has 0 fully saturated rings. The van der Waals surface area contributed by atoms with E-state index in [0.717, 1.165) is 23.1 Å². The Balaban J connectivity index is 0.00000625. The summed E-state index contributed by atoms with van der Waals surface area (Å²) in [6.45, 7) is 0.957. The van der Waals surface area contributed by atoms with Crippen LogP contribution in [0, 0.1) is 6.92 Å². The molecule has 5 nitrogen and oxygen atoms in total. The Morgan fingerprint density at radius 1 is 1.31 bits per heavy atom. The maximum Gasteiger partial charge on any atom is 0.406 e. The predicted molar refractivity (Wildman–Crippen MR) is 110 cm³/mol. The highest BCUT2D eigenvalue weighted by atomic mass is 127. The van der Waals surface area contributed by atoms with Crippen LogP contribution in [0.15, 0.2) is 28.1 Å². The van der Waals surface area contributed by atoms with Gasteiger partial charge < -0.3 is 15.5 Å². The summed E-state index contributed by atoms with van der Waals surface area (Å²) in [6, 6.07) is 6.08. The van der Waals surface area contributed by atoms with Crippen LogP contribution in [0.5, 0.6) is 0 Å². The van der Waals surface area contributed by atoms with E-state index in [0.29, 0.717) is 17.4 Å². The number of nitrogens with zero attached hydrogens (tertiary/aromatic N) is 2. The summed E-state index contributed by atoms with van der Waals surface area (Å²) in [4.78, 5) is 17.5. The van der Waals surface area contributed by atoms with E-state index in [9.17, 15) is 18.0 Å². The number of guanidine groups is 1. The first-order valence-electron chi connectivity index (χ1n) is 7.55. The normalized spacial score (nSPS) is 11.6. The number of rotatable bonds is 6. The summed E-state index contributed by atoms with van der Waals surface area (Å²) in [5.74, 6) is -0.318. The second-order valence-corrected chi connectivity index (χ2v) is 6.31. The van der Waals surface area contributed by atoms with E-state index in [2.05, 4.69) is 21.7 Å². The zero-order chi connectivity index (χ0) is 19.0. The quantitative estimate of drug-likeness (QED) is 0.271. The molecule has 0 bridgehead atoms. The second-order valence-electron chi connectivity index (χ2n) is 5.46. The third-order valence-corrected chi connectivity index (χ3v) is 4.18. The highest BCUT2D eigenvalue weighted by Gasteiger charge is 2.31. The number of aryl methyl sites for hydroxylation is 1. The van der Waals surface area contributed by atoms with Gasteiger partial charge in [-0.1, -0.05) is 12.1 Å². The van der Waals surface area contributed by atoms with Crippen molar-refractivity contribution in [1.82, 2.24) is 15.5 Å². The van der Waals surface area contributed by atoms with Crippen molar-refractivity contribution in [2.24, 2.45) is 4.99 Å². The van der Waals surface area contributed by atoms with Crippen LogP contribution in [0.25, 0.3) is 0 Å². The largest absolute Gasteiger partial charge is 0.406 e. The maximum absolute atomic E-state index is 12.3. The number of hydrogen-bond donors (Lipinski definition) is 2. The third kappa shape index (κ3) is 8.97. The van der Waals surface area contributed by atoms with E-state index in [1.165, 1.54) is 7.05 Å². The van der Waals surface area contributed by atoms with Gasteiger partial charge in [0.25, 0.3) is 0 Å². The predicted octanol–water partition coefficient (Wildman–Crippen LogP) is 3.02. The fourth-order valence-corrected chi connectivity index (χ4v) is 2.75. The summed E-state index contributed by atoms with van der Waals surface area (Å²) in [6.07, 6.45) is -2.43. The monoisotopic (exact) mass is 504 g/mol. The van der Waals surface area contributed by atoms with E-state index in [1.807, 2.05) is 25.3 Å². The lowest BCUT2D eigenvalue weighted by Gasteiger charge is -2.20. The highest BCUT2D eigenvalue weighted by molar-refractivity contribution is 14.0. The summed E-state index contributed by atoms with van der Waals surface area (Å²) >= 11 is 1.63. The van der Waals surface area contributed by atoms with Crippen LogP contribution in [0.3, 0.4) is 0 Å². The number of carbonyl (C=O) groups is 1. The van der Waals surface area contributed by atoms with E-state index in [4.69, 9.17) is 0 Å². The number of aliphatic imine (C=N–C) groups is 1. The van der Waals surface area contributed by atoms with Crippen LogP contribution in [0.4, 0.5) is 13.2 Å². The fourth-order valence-electron chi connectivity index (χ4n) is 2.05. The Morgan fingerprint density at radius 2 is 1.96 bits per heavy atom. The van der Waals surface area contributed by atoms with Gasteiger partial charge in [0.1, 0.15) is 6.54 Å². The van der Waals surface area contributed by atoms with Gasteiger partial charge in [0, 0.05) is 25.5 Å². The minimum absolute atomic E-state index is 0. The molecule has 0 atom stereocenters. The number of carbonyl (C=O) groups excluding carboxylic acids is 1. The van der Waals surface area contributed by atoms with Crippen LogP contribution in [0.2, 0.25) is 0 Å². The standard InChI is InChI=1S/C16H23F3N4OS.HI/c1-11-5-6-12(13(7-11)25-4)8-21-15(20-2)22-9-14(24)23(3)10-16(17,18)19;/h5-7H,8-10H2,1-4H3,(H2,20,21,22);1H. The van der Waals surface area contributed by atoms with Crippen molar-refractivity contribution < 1.29 is 18.0 Å². The van der Waals surface area contributed by atoms with Gasteiger partial charge in [0.2, 0.25) is 5.91 Å². The zero-order valence-electron chi connectivity index (χ0n) is 15.1. The van der Waals surface area contributed by atoms with Crippen LogP contribution in [-0.2, 0) is 11.3 Å². The van der Waals surface area contributed by atoms with Gasteiger partial charge in [-0.15, -0.1) is 35.7 Å². The molecule has 1 aromatic carbocycles. The molecule has 0 saturated heterocycles. The van der Waals surface area contributed by atoms with Crippen LogP contribution < -0.4 is 10.6 Å². The molecule has 0 aliphatic carbocycles. The molecule has 1 amide bonds. The molecule has 148 valence electrons. The number of alkyl halides is 3. The maximum atomic E-state index is 12.3. The smallest absolute Gasteiger partial charge is 0.352 e. The SMILES string of the molecule is CN=C(NCC(=O)N(C)CC(F)(F)F)NCc1ccc(C)cc1SC.I. The zero-order valence-corrected chi connectivity index (χ0v) is 18.3. The Morgan fingerprint density at radius 3 is 2.50 bits per heavy atom. The molecule has 2 N–H and O–H groups in total. The number of nitrogens with one attached hydrogen (secondary N) is 2. The first-order chi connectivity index (χ1) is 11.7. The summed E-state index contributed by atoms with van der Waals surface area (Å²) in [5, 5.41) is 5.78. The number of likely N-dealkylation sites (N-methyl/N-ethyl adjacent to an activating group) is 1. The van der Waals surface area contributed by atoms with Gasteiger partial charge in [-0.3, -0.25) is 9.79 Å². The lowest BCUT2D eigenvalue weighted by atomic mass is 10.1. The second kappa shape index (κ2) is 11.5. The number of amides is 1. The molecule has 0 radical (unpaired) electrons. The molecular weight excluding hydrogens is 480 g/mol. The van der Waals surface area contributed by atoms with E-state index < -0.39 is 18.6 Å². The molecule has 0 unspecified atom stereocenters. The Kier molecular flexibility index (Phi) is 11.0. The van der Waals surface area contributed by atoms with E-state index in [1.54, 1.807) is 11.8 Å². The van der Waals surface area contributed by atoms with Crippen LogP contribution in [-0.4, -0.2) is 56.4 Å². The van der Waals surface area contributed by atoms with Crippen molar-refractivity contribution in [3.8, 4) is 0 Å². The number of hydrogen-bond acceptors (Lipinski definition) is 3. The fraction of sp³-hybridized carbons (Fsp3) is 0.500. The number of benzene rings is 1.